The van der Waals surface area contributed by atoms with Gasteiger partial charge in [-0.15, -0.1) is 0 Å². The van der Waals surface area contributed by atoms with Gasteiger partial charge >= 0.3 is 5.97 Å². The standard InChI is InChI=1S/C19H22O4/c1-14-8-6-4-3-5-7-9-16(20)12-15-13-17(22-2)10-11-18(15)19(21)23-14/h4,6-7,9-11,13-14H,3,5,8,12H2,1-2H3/b6-4+,9-7+/t14-/m1/s1. The molecule has 1 aromatic carbocycles. The molecule has 4 heteroatoms. The third kappa shape index (κ3) is 5.09. The van der Waals surface area contributed by atoms with Crippen LogP contribution in [-0.4, -0.2) is 25.0 Å². The number of ketones is 1. The van der Waals surface area contributed by atoms with Crippen molar-refractivity contribution < 1.29 is 19.1 Å². The van der Waals surface area contributed by atoms with E-state index in [1.807, 2.05) is 25.2 Å². The van der Waals surface area contributed by atoms with Gasteiger partial charge in [-0.3, -0.25) is 4.79 Å². The highest BCUT2D eigenvalue weighted by molar-refractivity contribution is 5.96. The fourth-order valence-corrected chi connectivity index (χ4v) is 2.40. The number of allylic oxidation sites excluding steroid dienone is 3. The Labute approximate surface area is 136 Å². The number of cyclic esters (lactones) is 1. The lowest BCUT2D eigenvalue weighted by molar-refractivity contribution is -0.114. The van der Waals surface area contributed by atoms with Crippen LogP contribution in [-0.2, 0) is 16.0 Å². The summed E-state index contributed by atoms with van der Waals surface area (Å²) >= 11 is 0. The van der Waals surface area contributed by atoms with Crippen molar-refractivity contribution in [3.05, 3.63) is 53.6 Å². The van der Waals surface area contributed by atoms with E-state index in [9.17, 15) is 9.59 Å². The number of hydrogen-bond acceptors (Lipinski definition) is 4. The minimum atomic E-state index is -0.405. The van der Waals surface area contributed by atoms with E-state index in [1.54, 1.807) is 31.4 Å². The van der Waals surface area contributed by atoms with Gasteiger partial charge in [-0.1, -0.05) is 18.2 Å². The highest BCUT2D eigenvalue weighted by atomic mass is 16.5. The van der Waals surface area contributed by atoms with Crippen LogP contribution in [0.1, 0.15) is 42.1 Å². The first-order valence-electron chi connectivity index (χ1n) is 7.82. The molecule has 0 radical (unpaired) electrons. The maximum atomic E-state index is 12.4. The van der Waals surface area contributed by atoms with Crippen molar-refractivity contribution in [2.24, 2.45) is 0 Å². The lowest BCUT2D eigenvalue weighted by Gasteiger charge is -2.14. The fraction of sp³-hybridized carbons (Fsp3) is 0.368. The maximum absolute atomic E-state index is 12.4. The lowest BCUT2D eigenvalue weighted by Crippen LogP contribution is -2.17. The summed E-state index contributed by atoms with van der Waals surface area (Å²) in [6.07, 6.45) is 9.83. The van der Waals surface area contributed by atoms with Crippen molar-refractivity contribution in [2.75, 3.05) is 7.11 Å². The van der Waals surface area contributed by atoms with Crippen molar-refractivity contribution in [3.8, 4) is 5.75 Å². The number of carbonyl (C=O) groups is 2. The third-order valence-electron chi connectivity index (χ3n) is 3.64. The summed E-state index contributed by atoms with van der Waals surface area (Å²) in [5.74, 6) is 0.171. The van der Waals surface area contributed by atoms with E-state index in [0.717, 1.165) is 12.8 Å². The number of esters is 1. The van der Waals surface area contributed by atoms with Crippen LogP contribution < -0.4 is 4.74 Å². The molecule has 23 heavy (non-hydrogen) atoms. The van der Waals surface area contributed by atoms with E-state index in [2.05, 4.69) is 0 Å². The predicted octanol–water partition coefficient (Wildman–Crippen LogP) is 3.65. The molecule has 2 rings (SSSR count). The normalized spacial score (nSPS) is 22.4. The van der Waals surface area contributed by atoms with E-state index in [1.165, 1.54) is 0 Å². The Balaban J connectivity index is 2.33. The second-order valence-electron chi connectivity index (χ2n) is 5.57. The molecule has 0 amide bonds. The smallest absolute Gasteiger partial charge is 0.338 e. The average Bonchev–Trinajstić information content (AvgIpc) is 2.53. The second-order valence-corrected chi connectivity index (χ2v) is 5.57. The van der Waals surface area contributed by atoms with Gasteiger partial charge in [-0.25, -0.2) is 4.79 Å². The largest absolute Gasteiger partial charge is 0.497 e. The molecule has 0 aliphatic carbocycles. The van der Waals surface area contributed by atoms with Gasteiger partial charge in [0.1, 0.15) is 11.9 Å². The Hall–Kier alpha value is -2.36. The number of ether oxygens (including phenoxy) is 2. The minimum absolute atomic E-state index is 0.0404. The Morgan fingerprint density at radius 1 is 1.13 bits per heavy atom. The van der Waals surface area contributed by atoms with E-state index in [0.29, 0.717) is 23.3 Å². The van der Waals surface area contributed by atoms with Crippen molar-refractivity contribution in [1.29, 1.82) is 0 Å². The zero-order valence-electron chi connectivity index (χ0n) is 13.6. The molecule has 0 saturated carbocycles. The molecule has 0 aromatic heterocycles. The van der Waals surface area contributed by atoms with Crippen molar-refractivity contribution in [1.82, 2.24) is 0 Å². The first-order valence-corrected chi connectivity index (χ1v) is 7.82. The maximum Gasteiger partial charge on any atom is 0.338 e. The van der Waals surface area contributed by atoms with Crippen LogP contribution in [0.2, 0.25) is 0 Å². The van der Waals surface area contributed by atoms with Gasteiger partial charge in [-0.05, 0) is 49.6 Å². The van der Waals surface area contributed by atoms with Gasteiger partial charge in [0.25, 0.3) is 0 Å². The van der Waals surface area contributed by atoms with Crippen LogP contribution in [0, 0.1) is 0 Å². The molecule has 0 N–H and O–H groups in total. The number of methoxy groups -OCH3 is 1. The topological polar surface area (TPSA) is 52.6 Å². The van der Waals surface area contributed by atoms with Crippen LogP contribution >= 0.6 is 0 Å². The van der Waals surface area contributed by atoms with Gasteiger partial charge < -0.3 is 9.47 Å². The minimum Gasteiger partial charge on any atom is -0.497 e. The van der Waals surface area contributed by atoms with Crippen molar-refractivity contribution in [3.63, 3.8) is 0 Å². The zero-order valence-corrected chi connectivity index (χ0v) is 13.6. The summed E-state index contributed by atoms with van der Waals surface area (Å²) in [5.41, 5.74) is 1.05. The third-order valence-corrected chi connectivity index (χ3v) is 3.64. The first kappa shape index (κ1) is 17.0. The molecular formula is C19H22O4. The van der Waals surface area contributed by atoms with E-state index >= 15 is 0 Å². The molecule has 0 unspecified atom stereocenters. The number of fused-ring (bicyclic) bond motifs is 1. The zero-order chi connectivity index (χ0) is 16.7. The number of hydrogen-bond donors (Lipinski definition) is 0. The first-order chi connectivity index (χ1) is 11.1. The van der Waals surface area contributed by atoms with E-state index < -0.39 is 5.97 Å². The predicted molar refractivity (Wildman–Crippen MR) is 88.7 cm³/mol. The molecule has 122 valence electrons. The monoisotopic (exact) mass is 314 g/mol. The summed E-state index contributed by atoms with van der Waals surface area (Å²) in [4.78, 5) is 24.5. The summed E-state index contributed by atoms with van der Waals surface area (Å²) in [6, 6.07) is 5.08. The average molecular weight is 314 g/mol. The Morgan fingerprint density at radius 3 is 2.70 bits per heavy atom. The highest BCUT2D eigenvalue weighted by Gasteiger charge is 2.17. The Bertz CT molecular complexity index is 628. The molecule has 4 nitrogen and oxygen atoms in total. The van der Waals surface area contributed by atoms with E-state index in [-0.39, 0.29) is 18.3 Å². The number of benzene rings is 1. The van der Waals surface area contributed by atoms with E-state index in [4.69, 9.17) is 9.47 Å². The van der Waals surface area contributed by atoms with Crippen molar-refractivity contribution >= 4 is 11.8 Å². The molecule has 1 atom stereocenters. The van der Waals surface area contributed by atoms with Gasteiger partial charge in [0.2, 0.25) is 0 Å². The molecule has 0 spiro atoms. The molecule has 1 aliphatic rings. The Morgan fingerprint density at radius 2 is 1.91 bits per heavy atom. The molecule has 1 heterocycles. The molecule has 1 aliphatic heterocycles. The number of rotatable bonds is 1. The number of carbonyl (C=O) groups excluding carboxylic acids is 2. The van der Waals surface area contributed by atoms with Crippen LogP contribution in [0.5, 0.6) is 5.75 Å². The van der Waals surface area contributed by atoms with Gasteiger partial charge in [-0.2, -0.15) is 0 Å². The summed E-state index contributed by atoms with van der Waals surface area (Å²) in [5, 5.41) is 0. The summed E-state index contributed by atoms with van der Waals surface area (Å²) in [6.45, 7) is 1.86. The van der Waals surface area contributed by atoms with Gasteiger partial charge in [0.05, 0.1) is 12.7 Å². The molecule has 0 fully saturated rings. The van der Waals surface area contributed by atoms with Crippen LogP contribution in [0.4, 0.5) is 0 Å². The fourth-order valence-electron chi connectivity index (χ4n) is 2.40. The Kier molecular flexibility index (Phi) is 6.15. The highest BCUT2D eigenvalue weighted by Crippen LogP contribution is 2.21. The van der Waals surface area contributed by atoms with Crippen LogP contribution in [0.25, 0.3) is 0 Å². The van der Waals surface area contributed by atoms with Crippen molar-refractivity contribution in [2.45, 2.75) is 38.7 Å². The van der Waals surface area contributed by atoms with Gasteiger partial charge in [0, 0.05) is 12.8 Å². The quantitative estimate of drug-likeness (QED) is 0.586. The molecule has 0 saturated heterocycles. The molecule has 0 bridgehead atoms. The van der Waals surface area contributed by atoms with Crippen LogP contribution in [0.15, 0.2) is 42.5 Å². The summed E-state index contributed by atoms with van der Waals surface area (Å²) in [7, 11) is 1.55. The summed E-state index contributed by atoms with van der Waals surface area (Å²) < 4.78 is 10.7. The molecular weight excluding hydrogens is 292 g/mol. The second kappa shape index (κ2) is 8.32. The SMILES string of the molecule is COc1ccc2c(c1)CC(=O)/C=C/CC/C=C/C[C@@H](C)OC2=O. The molecule has 1 aromatic rings. The van der Waals surface area contributed by atoms with Gasteiger partial charge in [0.15, 0.2) is 5.78 Å². The van der Waals surface area contributed by atoms with Crippen LogP contribution in [0.3, 0.4) is 0 Å². The lowest BCUT2D eigenvalue weighted by atomic mass is 10.0.